The second-order valence-electron chi connectivity index (χ2n) is 8.13. The molecular formula is C24H25IN4O5S. The summed E-state index contributed by atoms with van der Waals surface area (Å²) in [6.45, 7) is 0.751. The Hall–Kier alpha value is -3.03. The van der Waals surface area contributed by atoms with Crippen molar-refractivity contribution < 1.29 is 23.1 Å². The minimum Gasteiger partial charge on any atom is -0.480 e. The van der Waals surface area contributed by atoms with Crippen molar-refractivity contribution in [1.29, 1.82) is 0 Å². The van der Waals surface area contributed by atoms with Gasteiger partial charge in [0, 0.05) is 21.4 Å². The highest BCUT2D eigenvalue weighted by Gasteiger charge is 2.38. The summed E-state index contributed by atoms with van der Waals surface area (Å²) in [6, 6.07) is 18.3. The quantitative estimate of drug-likeness (QED) is 0.259. The average molecular weight is 608 g/mol. The molecule has 0 spiro atoms. The molecule has 0 fully saturated rings. The molecule has 0 radical (unpaired) electrons. The number of nitrogens with zero attached hydrogens (tertiary/aromatic N) is 1. The predicted octanol–water partition coefficient (Wildman–Crippen LogP) is 2.61. The summed E-state index contributed by atoms with van der Waals surface area (Å²) in [4.78, 5) is 28.7. The largest absolute Gasteiger partial charge is 0.480 e. The third kappa shape index (κ3) is 7.23. The summed E-state index contributed by atoms with van der Waals surface area (Å²) < 4.78 is 28.4. The number of carboxylic acid groups (broad SMARTS) is 1. The van der Waals surface area contributed by atoms with Gasteiger partial charge in [0.1, 0.15) is 11.4 Å². The van der Waals surface area contributed by atoms with Crippen LogP contribution in [-0.2, 0) is 27.7 Å². The fraction of sp³-hybridized carbons (Fsp3) is 0.208. The van der Waals surface area contributed by atoms with Crippen LogP contribution in [0, 0.1) is 3.57 Å². The van der Waals surface area contributed by atoms with Crippen molar-refractivity contribution in [2.24, 2.45) is 0 Å². The number of carbonyl (C=O) groups excluding carboxylic acids is 1. The molecule has 2 aromatic carbocycles. The maximum absolute atomic E-state index is 12.7. The van der Waals surface area contributed by atoms with Gasteiger partial charge < -0.3 is 16.2 Å². The molecule has 1 atom stereocenters. The zero-order valence-corrected chi connectivity index (χ0v) is 21.8. The van der Waals surface area contributed by atoms with Crippen LogP contribution in [0.1, 0.15) is 28.5 Å². The van der Waals surface area contributed by atoms with E-state index in [0.29, 0.717) is 24.2 Å². The second-order valence-corrected chi connectivity index (χ2v) is 11.1. The first-order chi connectivity index (χ1) is 16.5. The first kappa shape index (κ1) is 26.6. The van der Waals surface area contributed by atoms with Gasteiger partial charge in [-0.1, -0.05) is 18.2 Å². The number of aromatic nitrogens is 1. The maximum Gasteiger partial charge on any atom is 0.326 e. The molecule has 0 bridgehead atoms. The number of nitrogens with two attached hydrogens (primary N) is 1. The van der Waals surface area contributed by atoms with Crippen LogP contribution in [0.5, 0.6) is 0 Å². The Bertz CT molecular complexity index is 1310. The molecular weight excluding hydrogens is 583 g/mol. The van der Waals surface area contributed by atoms with Gasteiger partial charge in [-0.3, -0.25) is 9.59 Å². The molecule has 11 heteroatoms. The van der Waals surface area contributed by atoms with Crippen molar-refractivity contribution in [2.75, 3.05) is 12.3 Å². The third-order valence-electron chi connectivity index (χ3n) is 5.27. The number of halogens is 1. The van der Waals surface area contributed by atoms with E-state index in [9.17, 15) is 23.1 Å². The Kier molecular flexibility index (Phi) is 8.46. The molecule has 0 aliphatic rings. The number of aryl methyl sites for hydroxylation is 2. The van der Waals surface area contributed by atoms with E-state index in [1.165, 1.54) is 19.1 Å². The number of nitrogens with one attached hydrogen (secondary N) is 2. The van der Waals surface area contributed by atoms with Crippen LogP contribution < -0.4 is 15.8 Å². The summed E-state index contributed by atoms with van der Waals surface area (Å²) in [6.07, 6.45) is 1.39. The van der Waals surface area contributed by atoms with Crippen molar-refractivity contribution in [3.8, 4) is 0 Å². The lowest BCUT2D eigenvalue weighted by Crippen LogP contribution is -2.58. The van der Waals surface area contributed by atoms with Crippen LogP contribution >= 0.6 is 22.6 Å². The number of aliphatic carboxylic acids is 1. The van der Waals surface area contributed by atoms with Crippen LogP contribution in [0.3, 0.4) is 0 Å². The topological polar surface area (TPSA) is 151 Å². The summed E-state index contributed by atoms with van der Waals surface area (Å²) >= 11 is 2.04. The van der Waals surface area contributed by atoms with Crippen LogP contribution in [0.4, 0.5) is 5.82 Å². The molecule has 0 saturated heterocycles. The predicted molar refractivity (Wildman–Crippen MR) is 140 cm³/mol. The Morgan fingerprint density at radius 3 is 2.29 bits per heavy atom. The molecule has 0 unspecified atom stereocenters. The average Bonchev–Trinajstić information content (AvgIpc) is 2.81. The molecule has 3 aromatic rings. The van der Waals surface area contributed by atoms with Gasteiger partial charge in [0.2, 0.25) is 10.0 Å². The molecule has 1 aromatic heterocycles. The van der Waals surface area contributed by atoms with E-state index >= 15 is 0 Å². The van der Waals surface area contributed by atoms with Gasteiger partial charge >= 0.3 is 5.97 Å². The van der Waals surface area contributed by atoms with Crippen LogP contribution in [0.15, 0.2) is 71.6 Å². The molecule has 1 amide bonds. The van der Waals surface area contributed by atoms with Crippen molar-refractivity contribution in [3.63, 3.8) is 0 Å². The van der Waals surface area contributed by atoms with Crippen molar-refractivity contribution >= 4 is 50.3 Å². The minimum absolute atomic E-state index is 0.0688. The number of hydrogen-bond donors (Lipinski definition) is 4. The Balaban J connectivity index is 1.62. The van der Waals surface area contributed by atoms with Gasteiger partial charge in [0.05, 0.1) is 4.90 Å². The van der Waals surface area contributed by atoms with Gasteiger partial charge in [-0.05, 0) is 96.5 Å². The van der Waals surface area contributed by atoms with E-state index < -0.39 is 34.0 Å². The first-order valence-electron chi connectivity index (χ1n) is 10.6. The van der Waals surface area contributed by atoms with E-state index in [-0.39, 0.29) is 4.90 Å². The molecule has 0 aliphatic carbocycles. The van der Waals surface area contributed by atoms with Gasteiger partial charge in [-0.25, -0.2) is 13.4 Å². The highest BCUT2D eigenvalue weighted by molar-refractivity contribution is 14.1. The molecule has 35 heavy (non-hydrogen) atoms. The molecule has 9 nitrogen and oxygen atoms in total. The van der Waals surface area contributed by atoms with Gasteiger partial charge in [0.25, 0.3) is 5.91 Å². The summed E-state index contributed by atoms with van der Waals surface area (Å²) in [5, 5.41) is 12.2. The number of nitrogen functional groups attached to an aromatic ring is 1. The lowest BCUT2D eigenvalue weighted by Gasteiger charge is -2.26. The van der Waals surface area contributed by atoms with Gasteiger partial charge in [-0.15, -0.1) is 0 Å². The standard InChI is InChI=1S/C24H25IN4O5S/c1-24(23(31)32,29-35(33,34)20-13-10-18(25)11-14-20)15-27-22(30)17-8-5-16(6-9-17)7-12-19-3-2-4-21(26)28-19/h2-6,8-11,13-14,29H,7,12,15H2,1H3,(H2,26,28)(H,27,30)(H,31,32)/t24-/m1/s1. The number of amides is 1. The Labute approximate surface area is 217 Å². The fourth-order valence-corrected chi connectivity index (χ4v) is 4.94. The van der Waals surface area contributed by atoms with Crippen molar-refractivity contribution in [1.82, 2.24) is 15.0 Å². The van der Waals surface area contributed by atoms with Crippen LogP contribution in [0.2, 0.25) is 0 Å². The number of carboxylic acids is 1. The lowest BCUT2D eigenvalue weighted by atomic mass is 10.0. The Morgan fingerprint density at radius 1 is 1.03 bits per heavy atom. The SMILES string of the molecule is C[C@](CNC(=O)c1ccc(CCc2cccc(N)n2)cc1)(NS(=O)(=O)c1ccc(I)cc1)C(=O)O. The molecule has 1 heterocycles. The minimum atomic E-state index is -4.13. The molecule has 0 aliphatic heterocycles. The second kappa shape index (κ2) is 11.1. The molecule has 3 rings (SSSR count). The summed E-state index contributed by atoms with van der Waals surface area (Å²) in [5.41, 5.74) is 5.92. The first-order valence-corrected chi connectivity index (χ1v) is 13.2. The normalized spacial score (nSPS) is 13.1. The van der Waals surface area contributed by atoms with Crippen molar-refractivity contribution in [3.05, 3.63) is 87.1 Å². The van der Waals surface area contributed by atoms with E-state index in [1.54, 1.807) is 42.5 Å². The van der Waals surface area contributed by atoms with E-state index in [0.717, 1.165) is 14.8 Å². The highest BCUT2D eigenvalue weighted by atomic mass is 127. The van der Waals surface area contributed by atoms with Crippen LogP contribution in [0.25, 0.3) is 0 Å². The van der Waals surface area contributed by atoms with Crippen molar-refractivity contribution in [2.45, 2.75) is 30.2 Å². The third-order valence-corrected chi connectivity index (χ3v) is 7.60. The summed E-state index contributed by atoms with van der Waals surface area (Å²) in [7, 11) is -4.13. The molecule has 5 N–H and O–H groups in total. The van der Waals surface area contributed by atoms with E-state index in [1.807, 2.05) is 34.7 Å². The number of hydrogen-bond acceptors (Lipinski definition) is 6. The zero-order valence-electron chi connectivity index (χ0n) is 18.9. The van der Waals surface area contributed by atoms with E-state index in [4.69, 9.17) is 5.73 Å². The number of benzene rings is 2. The van der Waals surface area contributed by atoms with Gasteiger partial charge in [-0.2, -0.15) is 4.72 Å². The Morgan fingerprint density at radius 2 is 1.69 bits per heavy atom. The van der Waals surface area contributed by atoms with E-state index in [2.05, 4.69) is 15.0 Å². The number of pyridine rings is 1. The smallest absolute Gasteiger partial charge is 0.326 e. The fourth-order valence-electron chi connectivity index (χ4n) is 3.22. The highest BCUT2D eigenvalue weighted by Crippen LogP contribution is 2.16. The number of carbonyl (C=O) groups is 2. The van der Waals surface area contributed by atoms with Gasteiger partial charge in [0.15, 0.2) is 0 Å². The zero-order chi connectivity index (χ0) is 25.6. The van der Waals surface area contributed by atoms with Crippen LogP contribution in [-0.4, -0.2) is 42.5 Å². The number of rotatable bonds is 10. The lowest BCUT2D eigenvalue weighted by molar-refractivity contribution is -0.143. The number of sulfonamides is 1. The molecule has 0 saturated carbocycles. The maximum atomic E-state index is 12.7. The summed E-state index contributed by atoms with van der Waals surface area (Å²) in [5.74, 6) is -1.48. The monoisotopic (exact) mass is 608 g/mol. The molecule has 184 valence electrons. The number of anilines is 1.